The lowest BCUT2D eigenvalue weighted by atomic mass is 10.2. The van der Waals surface area contributed by atoms with E-state index in [0.29, 0.717) is 21.8 Å². The van der Waals surface area contributed by atoms with Gasteiger partial charge in [0.2, 0.25) is 0 Å². The van der Waals surface area contributed by atoms with Crippen LogP contribution in [0.25, 0.3) is 10.9 Å². The van der Waals surface area contributed by atoms with Gasteiger partial charge in [0.25, 0.3) is 5.56 Å². The first-order chi connectivity index (χ1) is 11.5. The molecule has 3 rings (SSSR count). The first-order valence-corrected chi connectivity index (χ1v) is 8.12. The van der Waals surface area contributed by atoms with Gasteiger partial charge in [0.15, 0.2) is 5.16 Å². The Bertz CT molecular complexity index is 954. The summed E-state index contributed by atoms with van der Waals surface area (Å²) in [6.45, 7) is -0.292. The van der Waals surface area contributed by atoms with Gasteiger partial charge in [-0.25, -0.2) is 4.39 Å². The minimum absolute atomic E-state index is 0.292. The van der Waals surface area contributed by atoms with Gasteiger partial charge in [0.05, 0.1) is 10.9 Å². The van der Waals surface area contributed by atoms with Crippen LogP contribution in [-0.2, 0) is 17.1 Å². The second-order valence-electron chi connectivity index (χ2n) is 5.11. The number of rotatable bonds is 5. The van der Waals surface area contributed by atoms with Crippen molar-refractivity contribution >= 4 is 28.6 Å². The zero-order valence-electron chi connectivity index (χ0n) is 12.5. The molecule has 3 aromatic rings. The van der Waals surface area contributed by atoms with Crippen LogP contribution in [0.3, 0.4) is 0 Å². The minimum Gasteiger partial charge on any atom is -0.480 e. The van der Waals surface area contributed by atoms with E-state index in [1.165, 1.54) is 28.5 Å². The van der Waals surface area contributed by atoms with Crippen molar-refractivity contribution in [3.63, 3.8) is 0 Å². The Hall–Kier alpha value is -2.67. The van der Waals surface area contributed by atoms with E-state index in [0.717, 1.165) is 5.56 Å². The molecule has 0 radical (unpaired) electrons. The minimum atomic E-state index is -1.02. The van der Waals surface area contributed by atoms with Gasteiger partial charge in [-0.3, -0.25) is 9.59 Å². The smallest absolute Gasteiger partial charge is 0.323 e. The van der Waals surface area contributed by atoms with Crippen molar-refractivity contribution in [2.75, 3.05) is 0 Å². The molecular weight excluding hydrogens is 331 g/mol. The molecule has 0 amide bonds. The number of para-hydroxylation sites is 1. The Morgan fingerprint density at radius 3 is 2.58 bits per heavy atom. The maximum atomic E-state index is 13.0. The summed E-state index contributed by atoms with van der Waals surface area (Å²) in [5.41, 5.74) is 0.987. The largest absolute Gasteiger partial charge is 0.480 e. The average molecular weight is 344 g/mol. The van der Waals surface area contributed by atoms with E-state index < -0.39 is 11.5 Å². The molecule has 1 heterocycles. The summed E-state index contributed by atoms with van der Waals surface area (Å²) < 4.78 is 14.5. The van der Waals surface area contributed by atoms with Crippen LogP contribution >= 0.6 is 11.8 Å². The molecule has 0 unspecified atom stereocenters. The van der Waals surface area contributed by atoms with Crippen molar-refractivity contribution in [2.45, 2.75) is 17.5 Å². The number of halogens is 1. The summed E-state index contributed by atoms with van der Waals surface area (Å²) in [6.07, 6.45) is 0. The highest BCUT2D eigenvalue weighted by atomic mass is 32.2. The topological polar surface area (TPSA) is 72.2 Å². The Morgan fingerprint density at radius 1 is 1.17 bits per heavy atom. The average Bonchev–Trinajstić information content (AvgIpc) is 2.57. The van der Waals surface area contributed by atoms with Gasteiger partial charge >= 0.3 is 5.97 Å². The maximum Gasteiger partial charge on any atom is 0.323 e. The number of fused-ring (bicyclic) bond motifs is 1. The molecule has 1 N–H and O–H groups in total. The predicted molar refractivity (Wildman–Crippen MR) is 89.6 cm³/mol. The fourth-order valence-corrected chi connectivity index (χ4v) is 3.28. The van der Waals surface area contributed by atoms with Gasteiger partial charge < -0.3 is 9.67 Å². The van der Waals surface area contributed by atoms with E-state index in [1.807, 2.05) is 0 Å². The number of benzene rings is 2. The summed E-state index contributed by atoms with van der Waals surface area (Å²) in [6, 6.07) is 12.8. The number of aromatic nitrogens is 2. The highest BCUT2D eigenvalue weighted by Crippen LogP contribution is 2.23. The fourth-order valence-electron chi connectivity index (χ4n) is 2.33. The normalized spacial score (nSPS) is 10.9. The third kappa shape index (κ3) is 3.46. The van der Waals surface area contributed by atoms with E-state index in [4.69, 9.17) is 5.11 Å². The van der Waals surface area contributed by atoms with Gasteiger partial charge in [-0.1, -0.05) is 36.0 Å². The zero-order valence-corrected chi connectivity index (χ0v) is 13.3. The van der Waals surface area contributed by atoms with Crippen molar-refractivity contribution in [2.24, 2.45) is 0 Å². The molecule has 0 aliphatic rings. The highest BCUT2D eigenvalue weighted by molar-refractivity contribution is 7.98. The van der Waals surface area contributed by atoms with Crippen LogP contribution in [0.2, 0.25) is 0 Å². The second-order valence-corrected chi connectivity index (χ2v) is 6.05. The Labute approximate surface area is 140 Å². The number of carboxylic acids is 1. The van der Waals surface area contributed by atoms with Crippen LogP contribution in [0, 0.1) is 5.82 Å². The molecule has 7 heteroatoms. The second kappa shape index (κ2) is 6.84. The number of carbonyl (C=O) groups is 1. The molecule has 0 bridgehead atoms. The fraction of sp³-hybridized carbons (Fsp3) is 0.118. The van der Waals surface area contributed by atoms with E-state index in [2.05, 4.69) is 4.98 Å². The van der Waals surface area contributed by atoms with Crippen LogP contribution in [0.1, 0.15) is 5.56 Å². The number of nitrogens with zero attached hydrogens (tertiary/aromatic N) is 2. The molecule has 0 aliphatic carbocycles. The Morgan fingerprint density at radius 2 is 1.88 bits per heavy atom. The van der Waals surface area contributed by atoms with Crippen LogP contribution in [0.4, 0.5) is 4.39 Å². The summed E-state index contributed by atoms with van der Waals surface area (Å²) >= 11 is 1.24. The summed E-state index contributed by atoms with van der Waals surface area (Å²) in [5.74, 6) is -0.894. The number of aliphatic carboxylic acids is 1. The SMILES string of the molecule is O=C(O)Cn1c(SCc2ccc(F)cc2)nc(=O)c2ccccc21. The molecule has 0 saturated carbocycles. The number of hydrogen-bond donors (Lipinski definition) is 1. The molecule has 0 saturated heterocycles. The van der Waals surface area contributed by atoms with E-state index >= 15 is 0 Å². The van der Waals surface area contributed by atoms with E-state index in [1.54, 1.807) is 36.4 Å². The molecule has 0 fully saturated rings. The molecule has 0 spiro atoms. The van der Waals surface area contributed by atoms with Crippen molar-refractivity contribution < 1.29 is 14.3 Å². The third-order valence-corrected chi connectivity index (χ3v) is 4.48. The van der Waals surface area contributed by atoms with Crippen LogP contribution in [0.5, 0.6) is 0 Å². The molecule has 2 aromatic carbocycles. The van der Waals surface area contributed by atoms with Gasteiger partial charge in [-0.15, -0.1) is 0 Å². The Kier molecular flexibility index (Phi) is 4.61. The summed E-state index contributed by atoms with van der Waals surface area (Å²) in [4.78, 5) is 27.4. The number of thioether (sulfide) groups is 1. The first-order valence-electron chi connectivity index (χ1n) is 7.13. The molecule has 0 aliphatic heterocycles. The van der Waals surface area contributed by atoms with Crippen molar-refractivity contribution in [1.82, 2.24) is 9.55 Å². The molecule has 5 nitrogen and oxygen atoms in total. The quantitative estimate of drug-likeness (QED) is 0.569. The van der Waals surface area contributed by atoms with Crippen LogP contribution < -0.4 is 5.56 Å². The van der Waals surface area contributed by atoms with Crippen LogP contribution in [-0.4, -0.2) is 20.6 Å². The molecule has 122 valence electrons. The van der Waals surface area contributed by atoms with Crippen molar-refractivity contribution in [3.05, 3.63) is 70.3 Å². The van der Waals surface area contributed by atoms with Gasteiger partial charge in [-0.05, 0) is 29.8 Å². The van der Waals surface area contributed by atoms with E-state index in [9.17, 15) is 14.0 Å². The van der Waals surface area contributed by atoms with Gasteiger partial charge in [0.1, 0.15) is 12.4 Å². The standard InChI is InChI=1S/C17H13FN2O3S/c18-12-7-5-11(6-8-12)10-24-17-19-16(23)13-3-1-2-4-14(13)20(17)9-15(21)22/h1-8H,9-10H2,(H,21,22). The highest BCUT2D eigenvalue weighted by Gasteiger charge is 2.13. The molecular formula is C17H13FN2O3S. The summed E-state index contributed by atoms with van der Waals surface area (Å²) in [5, 5.41) is 9.86. The zero-order chi connectivity index (χ0) is 17.1. The third-order valence-electron chi connectivity index (χ3n) is 3.43. The monoisotopic (exact) mass is 344 g/mol. The number of carboxylic acid groups (broad SMARTS) is 1. The van der Waals surface area contributed by atoms with E-state index in [-0.39, 0.29) is 12.4 Å². The van der Waals surface area contributed by atoms with Gasteiger partial charge in [0, 0.05) is 5.75 Å². The molecule has 0 atom stereocenters. The molecule has 24 heavy (non-hydrogen) atoms. The first kappa shape index (κ1) is 16.2. The molecule has 1 aromatic heterocycles. The van der Waals surface area contributed by atoms with Crippen molar-refractivity contribution in [1.29, 1.82) is 0 Å². The Balaban J connectivity index is 2.00. The lowest BCUT2D eigenvalue weighted by Gasteiger charge is -2.13. The van der Waals surface area contributed by atoms with Crippen LogP contribution in [0.15, 0.2) is 58.5 Å². The lowest BCUT2D eigenvalue weighted by Crippen LogP contribution is -2.19. The van der Waals surface area contributed by atoms with Gasteiger partial charge in [-0.2, -0.15) is 4.98 Å². The number of hydrogen-bond acceptors (Lipinski definition) is 4. The predicted octanol–water partition coefficient (Wildman–Crippen LogP) is 2.91. The summed E-state index contributed by atoms with van der Waals surface area (Å²) in [7, 11) is 0. The van der Waals surface area contributed by atoms with Crippen molar-refractivity contribution in [3.8, 4) is 0 Å². The lowest BCUT2D eigenvalue weighted by molar-refractivity contribution is -0.137. The maximum absolute atomic E-state index is 13.0.